The number of imide groups is 1. The quantitative estimate of drug-likeness (QED) is 0.587. The highest BCUT2D eigenvalue weighted by atomic mass is 32.2. The first-order chi connectivity index (χ1) is 12.4. The van der Waals surface area contributed by atoms with Crippen LogP contribution in [-0.2, 0) is 19.6 Å². The Morgan fingerprint density at radius 2 is 1.92 bits per heavy atom. The van der Waals surface area contributed by atoms with Gasteiger partial charge in [-0.15, -0.1) is 11.3 Å². The summed E-state index contributed by atoms with van der Waals surface area (Å²) in [5.74, 6) is -1.07. The molecule has 3 rings (SSSR count). The number of aliphatic hydroxyl groups excluding tert-OH is 1. The first-order valence-corrected chi connectivity index (χ1v) is 9.75. The molecule has 0 spiro atoms. The Morgan fingerprint density at radius 3 is 2.54 bits per heavy atom. The first kappa shape index (κ1) is 18.0. The van der Waals surface area contributed by atoms with Gasteiger partial charge in [0.1, 0.15) is 5.70 Å². The summed E-state index contributed by atoms with van der Waals surface area (Å²) in [6.07, 6.45) is 2.62. The van der Waals surface area contributed by atoms with E-state index in [0.29, 0.717) is 5.69 Å². The average molecular weight is 394 g/mol. The van der Waals surface area contributed by atoms with Crippen LogP contribution in [0.25, 0.3) is 0 Å². The van der Waals surface area contributed by atoms with Crippen LogP contribution in [0.1, 0.15) is 0 Å². The van der Waals surface area contributed by atoms with Gasteiger partial charge in [0.25, 0.3) is 21.8 Å². The van der Waals surface area contributed by atoms with E-state index in [-0.39, 0.29) is 28.9 Å². The predicted molar refractivity (Wildman–Crippen MR) is 94.9 cm³/mol. The van der Waals surface area contributed by atoms with Gasteiger partial charge in [0.05, 0.1) is 18.0 Å². The molecule has 2 heterocycles. The van der Waals surface area contributed by atoms with Crippen molar-refractivity contribution in [1.29, 1.82) is 0 Å². The first-order valence-electron chi connectivity index (χ1n) is 7.38. The van der Waals surface area contributed by atoms with E-state index < -0.39 is 21.8 Å². The fourth-order valence-electron chi connectivity index (χ4n) is 2.23. The molecule has 0 fully saturated rings. The Kier molecular flexibility index (Phi) is 5.02. The van der Waals surface area contributed by atoms with Crippen molar-refractivity contribution < 1.29 is 23.1 Å². The molecule has 2 aromatic rings. The highest BCUT2D eigenvalue weighted by Gasteiger charge is 2.30. The van der Waals surface area contributed by atoms with Crippen molar-refractivity contribution in [2.45, 2.75) is 4.90 Å². The summed E-state index contributed by atoms with van der Waals surface area (Å²) >= 11 is 1.16. The molecule has 3 N–H and O–H groups in total. The van der Waals surface area contributed by atoms with Gasteiger partial charge in [-0.1, -0.05) is 0 Å². The molecule has 1 aliphatic rings. The molecule has 0 radical (unpaired) electrons. The van der Waals surface area contributed by atoms with Crippen LogP contribution >= 0.6 is 11.3 Å². The number of carbonyl (C=O) groups excluding carboxylic acids is 2. The third-order valence-electron chi connectivity index (χ3n) is 3.43. The monoisotopic (exact) mass is 394 g/mol. The standard InChI is InChI=1S/C15H14N4O5S2/c20-7-6-19-13(21)9-12(14(19)22)17-10-1-3-11(4-2-10)26(23,24)18-15-16-5-8-25-15/h1-5,8-9,17,20H,6-7H2,(H,16,18). The van der Waals surface area contributed by atoms with Crippen molar-refractivity contribution in [2.75, 3.05) is 23.2 Å². The van der Waals surface area contributed by atoms with Crippen LogP contribution in [0.5, 0.6) is 0 Å². The molecule has 9 nitrogen and oxygen atoms in total. The number of rotatable bonds is 7. The van der Waals surface area contributed by atoms with Crippen LogP contribution < -0.4 is 10.0 Å². The van der Waals surface area contributed by atoms with Crippen molar-refractivity contribution >= 4 is 44.0 Å². The van der Waals surface area contributed by atoms with E-state index in [2.05, 4.69) is 15.0 Å². The number of benzene rings is 1. The molecule has 26 heavy (non-hydrogen) atoms. The van der Waals surface area contributed by atoms with E-state index in [1.54, 1.807) is 5.38 Å². The molecular weight excluding hydrogens is 380 g/mol. The Balaban J connectivity index is 1.71. The maximum atomic E-state index is 12.3. The minimum absolute atomic E-state index is 0.0305. The van der Waals surface area contributed by atoms with Crippen LogP contribution in [0.2, 0.25) is 0 Å². The average Bonchev–Trinajstić information content (AvgIpc) is 3.19. The number of β-amino-alcohol motifs (C(OH)–C–C–N with tert-alkyl or cyclic N) is 1. The lowest BCUT2D eigenvalue weighted by Crippen LogP contribution is -2.34. The topological polar surface area (TPSA) is 129 Å². The Labute approximate surface area is 153 Å². The van der Waals surface area contributed by atoms with E-state index >= 15 is 0 Å². The van der Waals surface area contributed by atoms with Crippen LogP contribution in [0, 0.1) is 0 Å². The van der Waals surface area contributed by atoms with E-state index in [1.165, 1.54) is 30.5 Å². The SMILES string of the molecule is O=C1C=C(Nc2ccc(S(=O)(=O)Nc3nccs3)cc2)C(=O)N1CCO. The number of aromatic nitrogens is 1. The lowest BCUT2D eigenvalue weighted by atomic mass is 10.3. The van der Waals surface area contributed by atoms with Gasteiger partial charge < -0.3 is 10.4 Å². The van der Waals surface area contributed by atoms with Gasteiger partial charge in [-0.25, -0.2) is 13.4 Å². The molecule has 0 aliphatic carbocycles. The fraction of sp³-hybridized carbons (Fsp3) is 0.133. The minimum Gasteiger partial charge on any atom is -0.395 e. The largest absolute Gasteiger partial charge is 0.395 e. The molecule has 136 valence electrons. The van der Waals surface area contributed by atoms with E-state index in [1.807, 2.05) is 0 Å². The van der Waals surface area contributed by atoms with Gasteiger partial charge in [-0.05, 0) is 24.3 Å². The second kappa shape index (κ2) is 7.23. The van der Waals surface area contributed by atoms with Gasteiger partial charge in [0, 0.05) is 23.3 Å². The Hall–Kier alpha value is -2.76. The van der Waals surface area contributed by atoms with Crippen molar-refractivity contribution in [1.82, 2.24) is 9.88 Å². The van der Waals surface area contributed by atoms with E-state index in [0.717, 1.165) is 22.3 Å². The number of nitrogens with one attached hydrogen (secondary N) is 2. The highest BCUT2D eigenvalue weighted by molar-refractivity contribution is 7.93. The zero-order chi connectivity index (χ0) is 18.7. The van der Waals surface area contributed by atoms with E-state index in [9.17, 15) is 18.0 Å². The lowest BCUT2D eigenvalue weighted by Gasteiger charge is -2.13. The van der Waals surface area contributed by atoms with Crippen molar-refractivity contribution in [3.8, 4) is 0 Å². The third-order valence-corrected chi connectivity index (χ3v) is 5.60. The van der Waals surface area contributed by atoms with Crippen molar-refractivity contribution in [3.63, 3.8) is 0 Å². The molecule has 0 bridgehead atoms. The van der Waals surface area contributed by atoms with Crippen LogP contribution in [-0.4, -0.2) is 48.4 Å². The highest BCUT2D eigenvalue weighted by Crippen LogP contribution is 2.21. The fourth-order valence-corrected chi connectivity index (χ4v) is 4.02. The predicted octanol–water partition coefficient (Wildman–Crippen LogP) is 0.601. The summed E-state index contributed by atoms with van der Waals surface area (Å²) in [4.78, 5) is 28.6. The maximum Gasteiger partial charge on any atom is 0.277 e. The number of hydrogen-bond acceptors (Lipinski definition) is 8. The molecular formula is C15H14N4O5S2. The smallest absolute Gasteiger partial charge is 0.277 e. The number of anilines is 2. The molecule has 1 aromatic heterocycles. The summed E-state index contributed by atoms with van der Waals surface area (Å²) in [5.41, 5.74) is 0.497. The van der Waals surface area contributed by atoms with Crippen molar-refractivity contribution in [3.05, 3.63) is 47.6 Å². The number of thiazole rings is 1. The number of nitrogens with zero attached hydrogens (tertiary/aromatic N) is 2. The van der Waals surface area contributed by atoms with Crippen LogP contribution in [0.4, 0.5) is 10.8 Å². The second-order valence-electron chi connectivity index (χ2n) is 5.17. The molecule has 0 saturated heterocycles. The lowest BCUT2D eigenvalue weighted by molar-refractivity contribution is -0.137. The Morgan fingerprint density at radius 1 is 1.19 bits per heavy atom. The molecule has 11 heteroatoms. The minimum atomic E-state index is -3.76. The van der Waals surface area contributed by atoms with Gasteiger partial charge in [-0.2, -0.15) is 0 Å². The second-order valence-corrected chi connectivity index (χ2v) is 7.75. The zero-order valence-corrected chi connectivity index (χ0v) is 14.9. The number of carbonyl (C=O) groups is 2. The maximum absolute atomic E-state index is 12.3. The number of sulfonamides is 1. The molecule has 2 amide bonds. The summed E-state index contributed by atoms with van der Waals surface area (Å²) in [6.45, 7) is -0.407. The number of hydrogen-bond donors (Lipinski definition) is 3. The van der Waals surface area contributed by atoms with Crippen LogP contribution in [0.3, 0.4) is 0 Å². The summed E-state index contributed by atoms with van der Waals surface area (Å²) in [6, 6.07) is 5.69. The van der Waals surface area contributed by atoms with Crippen LogP contribution in [0.15, 0.2) is 52.5 Å². The summed E-state index contributed by atoms with van der Waals surface area (Å²) in [5, 5.41) is 13.6. The van der Waals surface area contributed by atoms with Gasteiger partial charge in [-0.3, -0.25) is 19.2 Å². The molecule has 0 saturated carbocycles. The normalized spacial score (nSPS) is 14.5. The molecule has 0 unspecified atom stereocenters. The third kappa shape index (κ3) is 3.74. The number of aliphatic hydroxyl groups is 1. The van der Waals surface area contributed by atoms with Gasteiger partial charge >= 0.3 is 0 Å². The van der Waals surface area contributed by atoms with Gasteiger partial charge in [0.2, 0.25) is 0 Å². The number of amides is 2. The summed E-state index contributed by atoms with van der Waals surface area (Å²) in [7, 11) is -3.76. The molecule has 1 aliphatic heterocycles. The van der Waals surface area contributed by atoms with Crippen molar-refractivity contribution in [2.24, 2.45) is 0 Å². The Bertz CT molecular complexity index is 952. The van der Waals surface area contributed by atoms with E-state index in [4.69, 9.17) is 5.11 Å². The zero-order valence-electron chi connectivity index (χ0n) is 13.2. The van der Waals surface area contributed by atoms with Gasteiger partial charge in [0.15, 0.2) is 5.13 Å². The molecule has 1 aromatic carbocycles. The summed E-state index contributed by atoms with van der Waals surface area (Å²) < 4.78 is 26.9. The molecule has 0 atom stereocenters.